The van der Waals surface area contributed by atoms with E-state index in [0.717, 1.165) is 22.3 Å². The van der Waals surface area contributed by atoms with Crippen LogP contribution in [0.1, 0.15) is 69.4 Å². The lowest BCUT2D eigenvalue weighted by Crippen LogP contribution is -2.10. The van der Waals surface area contributed by atoms with Crippen LogP contribution in [0.4, 0.5) is 5.69 Å². The molecule has 278 valence electrons. The average Bonchev–Trinajstić information content (AvgIpc) is 3.24. The second kappa shape index (κ2) is 15.5. The number of rotatable bonds is 6. The van der Waals surface area contributed by atoms with Crippen LogP contribution in [-0.4, -0.2) is 9.97 Å². The van der Waals surface area contributed by atoms with Gasteiger partial charge in [-0.05, 0) is 38.6 Å². The Morgan fingerprint density at radius 2 is 0.759 bits per heavy atom. The Labute approximate surface area is 340 Å². The molecule has 0 fully saturated rings. The number of hydrogen-bond acceptors (Lipinski definition) is 5. The molecule has 0 bridgehead atoms. The Balaban J connectivity index is 1.61. The normalized spacial score (nSPS) is 11.2. The predicted molar refractivity (Wildman–Crippen MR) is 232 cm³/mol. The van der Waals surface area contributed by atoms with E-state index in [-0.39, 0.29) is 33.2 Å². The van der Waals surface area contributed by atoms with Crippen molar-refractivity contribution in [2.75, 3.05) is 0 Å². The molecule has 6 nitrogen and oxygen atoms in total. The maximum Gasteiger partial charge on any atom is 0.221 e. The van der Waals surface area contributed by atoms with Crippen LogP contribution in [0, 0.1) is 40.6 Å². The fourth-order valence-corrected chi connectivity index (χ4v) is 7.32. The Morgan fingerprint density at radius 3 is 1.14 bits per heavy atom. The van der Waals surface area contributed by atoms with Gasteiger partial charge in [-0.25, -0.2) is 9.83 Å². The standard InChI is InChI=1S/C52H40N6/c1-51(2,3)37-26-22-35(23-27-37)48-42(31-54)44(41(30-53)46(57-48)33-16-10-8-11-17-33)39-20-14-15-21-40(39)45-43(32-55)47(34-18-12-9-13-19-34)58-49(50(45)56-7)36-24-28-38(29-25-36)52(4,5)6/h8-29H,1-6H3. The van der Waals surface area contributed by atoms with Gasteiger partial charge in [0.05, 0.1) is 46.0 Å². The molecule has 2 aromatic heterocycles. The van der Waals surface area contributed by atoms with Gasteiger partial charge in [0, 0.05) is 27.8 Å². The van der Waals surface area contributed by atoms with E-state index in [1.165, 1.54) is 0 Å². The lowest BCUT2D eigenvalue weighted by atomic mass is 9.83. The van der Waals surface area contributed by atoms with Gasteiger partial charge < -0.3 is 0 Å². The van der Waals surface area contributed by atoms with E-state index >= 15 is 0 Å². The summed E-state index contributed by atoms with van der Waals surface area (Å²) in [5, 5.41) is 33.2. The zero-order chi connectivity index (χ0) is 41.2. The zero-order valence-corrected chi connectivity index (χ0v) is 33.4. The van der Waals surface area contributed by atoms with Crippen molar-refractivity contribution in [2.45, 2.75) is 52.4 Å². The lowest BCUT2D eigenvalue weighted by Gasteiger charge is -2.22. The van der Waals surface area contributed by atoms with E-state index in [0.29, 0.717) is 56.2 Å². The summed E-state index contributed by atoms with van der Waals surface area (Å²) in [5.74, 6) is 0. The van der Waals surface area contributed by atoms with Crippen LogP contribution in [0.5, 0.6) is 0 Å². The molecule has 0 unspecified atom stereocenters. The van der Waals surface area contributed by atoms with Gasteiger partial charge in [0.25, 0.3) is 0 Å². The first-order valence-corrected chi connectivity index (χ1v) is 19.1. The number of benzene rings is 5. The fraction of sp³-hybridized carbons (Fsp3) is 0.154. The van der Waals surface area contributed by atoms with Gasteiger partial charge in [-0.3, -0.25) is 4.98 Å². The van der Waals surface area contributed by atoms with Gasteiger partial charge in [0.2, 0.25) is 5.69 Å². The highest BCUT2D eigenvalue weighted by atomic mass is 14.8. The van der Waals surface area contributed by atoms with Crippen molar-refractivity contribution in [2.24, 2.45) is 0 Å². The van der Waals surface area contributed by atoms with Gasteiger partial charge in [-0.2, -0.15) is 15.8 Å². The first-order chi connectivity index (χ1) is 27.9. The van der Waals surface area contributed by atoms with E-state index in [9.17, 15) is 15.8 Å². The highest BCUT2D eigenvalue weighted by molar-refractivity contribution is 6.03. The monoisotopic (exact) mass is 748 g/mol. The SMILES string of the molecule is [C-]#[N+]c1c(-c2ccc(C(C)(C)C)cc2)nc(-c2ccccc2)c(C#N)c1-c1ccccc1-c1c(C#N)c(-c2ccccc2)nc(-c2ccc(C(C)(C)C)cc2)c1C#N. The summed E-state index contributed by atoms with van der Waals surface area (Å²) in [7, 11) is 0. The van der Waals surface area contributed by atoms with Crippen molar-refractivity contribution in [3.05, 3.63) is 173 Å². The molecular formula is C52H40N6. The van der Waals surface area contributed by atoms with Crippen molar-refractivity contribution in [3.8, 4) is 85.5 Å². The molecule has 0 spiro atoms. The number of aromatic nitrogens is 2. The number of nitriles is 3. The van der Waals surface area contributed by atoms with Crippen LogP contribution in [-0.2, 0) is 10.8 Å². The quantitative estimate of drug-likeness (QED) is 0.158. The summed E-state index contributed by atoms with van der Waals surface area (Å²) in [6.07, 6.45) is 0. The predicted octanol–water partition coefficient (Wildman–Crippen LogP) is 13.2. The molecule has 0 radical (unpaired) electrons. The van der Waals surface area contributed by atoms with Crippen molar-refractivity contribution >= 4 is 5.69 Å². The van der Waals surface area contributed by atoms with Gasteiger partial charge >= 0.3 is 0 Å². The number of pyridine rings is 2. The molecule has 0 aliphatic rings. The third-order valence-corrected chi connectivity index (χ3v) is 10.4. The molecule has 5 aromatic carbocycles. The van der Waals surface area contributed by atoms with E-state index < -0.39 is 0 Å². The second-order valence-corrected chi connectivity index (χ2v) is 16.2. The third-order valence-electron chi connectivity index (χ3n) is 10.4. The summed E-state index contributed by atoms with van der Waals surface area (Å²) in [5.41, 5.74) is 9.28. The Hall–Kier alpha value is -7.64. The Kier molecular flexibility index (Phi) is 10.3. The van der Waals surface area contributed by atoms with E-state index in [1.807, 2.05) is 121 Å². The van der Waals surface area contributed by atoms with Crippen LogP contribution >= 0.6 is 0 Å². The molecule has 2 heterocycles. The maximum atomic E-state index is 11.1. The molecule has 7 rings (SSSR count). The average molecular weight is 749 g/mol. The minimum absolute atomic E-state index is 0.0912. The summed E-state index contributed by atoms with van der Waals surface area (Å²) in [4.78, 5) is 14.3. The summed E-state index contributed by atoms with van der Waals surface area (Å²) in [6, 6.07) is 49.7. The molecule has 0 aliphatic carbocycles. The zero-order valence-electron chi connectivity index (χ0n) is 33.4. The highest BCUT2D eigenvalue weighted by Crippen LogP contribution is 2.49. The van der Waals surface area contributed by atoms with Gasteiger partial charge in [-0.15, -0.1) is 0 Å². The van der Waals surface area contributed by atoms with E-state index in [4.69, 9.17) is 16.5 Å². The molecule has 7 aromatic rings. The molecule has 0 amide bonds. The van der Waals surface area contributed by atoms with Crippen LogP contribution in [0.3, 0.4) is 0 Å². The Morgan fingerprint density at radius 1 is 0.431 bits per heavy atom. The van der Waals surface area contributed by atoms with Crippen molar-refractivity contribution in [1.82, 2.24) is 9.97 Å². The first-order valence-electron chi connectivity index (χ1n) is 19.1. The van der Waals surface area contributed by atoms with E-state index in [1.54, 1.807) is 0 Å². The summed E-state index contributed by atoms with van der Waals surface area (Å²) in [6.45, 7) is 21.5. The van der Waals surface area contributed by atoms with Crippen molar-refractivity contribution in [3.63, 3.8) is 0 Å². The van der Waals surface area contributed by atoms with Crippen LogP contribution in [0.15, 0.2) is 133 Å². The lowest BCUT2D eigenvalue weighted by molar-refractivity contribution is 0.590. The van der Waals surface area contributed by atoms with Crippen molar-refractivity contribution in [1.29, 1.82) is 15.8 Å². The van der Waals surface area contributed by atoms with Gasteiger partial charge in [0.15, 0.2) is 0 Å². The molecule has 0 saturated heterocycles. The number of nitrogens with zero attached hydrogens (tertiary/aromatic N) is 6. The molecule has 0 aliphatic heterocycles. The smallest absolute Gasteiger partial charge is 0.221 e. The first kappa shape index (κ1) is 38.6. The topological polar surface area (TPSA) is 102 Å². The highest BCUT2D eigenvalue weighted by Gasteiger charge is 2.29. The minimum Gasteiger partial charge on any atom is -0.258 e. The van der Waals surface area contributed by atoms with Crippen LogP contribution < -0.4 is 0 Å². The molecular weight excluding hydrogens is 709 g/mol. The van der Waals surface area contributed by atoms with Crippen LogP contribution in [0.25, 0.3) is 72.1 Å². The van der Waals surface area contributed by atoms with Gasteiger partial charge in [0.1, 0.15) is 18.2 Å². The summed E-state index contributed by atoms with van der Waals surface area (Å²) >= 11 is 0. The molecule has 0 atom stereocenters. The largest absolute Gasteiger partial charge is 0.258 e. The van der Waals surface area contributed by atoms with Crippen molar-refractivity contribution < 1.29 is 0 Å². The second-order valence-electron chi connectivity index (χ2n) is 16.2. The Bertz CT molecular complexity index is 2650. The van der Waals surface area contributed by atoms with E-state index in [2.05, 4.69) is 76.7 Å². The number of hydrogen-bond donors (Lipinski definition) is 0. The third kappa shape index (κ3) is 7.13. The maximum absolute atomic E-state index is 11.1. The summed E-state index contributed by atoms with van der Waals surface area (Å²) < 4.78 is 0. The molecule has 6 heteroatoms. The fourth-order valence-electron chi connectivity index (χ4n) is 7.32. The molecule has 58 heavy (non-hydrogen) atoms. The molecule has 0 saturated carbocycles. The minimum atomic E-state index is -0.0936. The van der Waals surface area contributed by atoms with Crippen LogP contribution in [0.2, 0.25) is 0 Å². The van der Waals surface area contributed by atoms with Gasteiger partial charge in [-0.1, -0.05) is 175 Å². The molecule has 0 N–H and O–H groups in total.